The van der Waals surface area contributed by atoms with Crippen LogP contribution in [0.2, 0.25) is 0 Å². The van der Waals surface area contributed by atoms with Gasteiger partial charge in [-0.05, 0) is 91.4 Å². The highest BCUT2D eigenvalue weighted by Crippen LogP contribution is 2.69. The molecule has 29 heavy (non-hydrogen) atoms. The minimum Gasteiger partial charge on any atom is -0.295 e. The minimum atomic E-state index is -0.747. The molecule has 0 aromatic rings. The number of hydrogen-bond acceptors (Lipinski definition) is 1. The first-order chi connectivity index (χ1) is 13.7. The molecule has 0 saturated heterocycles. The summed E-state index contributed by atoms with van der Waals surface area (Å²) in [6.45, 7) is 15.9. The average Bonchev–Trinajstić information content (AvgIpc) is 2.92. The molecule has 0 N–H and O–H groups in total. The second kappa shape index (κ2) is 7.34. The fourth-order valence-electron chi connectivity index (χ4n) is 8.59. The van der Waals surface area contributed by atoms with Crippen molar-refractivity contribution in [2.24, 2.45) is 46.3 Å². The topological polar surface area (TPSA) is 17.1 Å². The van der Waals surface area contributed by atoms with Crippen molar-refractivity contribution >= 4 is 5.78 Å². The highest BCUT2D eigenvalue weighted by molar-refractivity contribution is 5.91. The van der Waals surface area contributed by atoms with Gasteiger partial charge in [-0.1, -0.05) is 52.3 Å². The van der Waals surface area contributed by atoms with Crippen LogP contribution in [0.5, 0.6) is 0 Å². The molecule has 0 aromatic heterocycles. The molecule has 0 spiro atoms. The summed E-state index contributed by atoms with van der Waals surface area (Å²) in [5.41, 5.74) is 2.61. The third-order valence-corrected chi connectivity index (χ3v) is 10.1. The van der Waals surface area contributed by atoms with Gasteiger partial charge < -0.3 is 0 Å². The number of halogens is 1. The Balaban J connectivity index is 1.73. The van der Waals surface area contributed by atoms with Gasteiger partial charge in [0.25, 0.3) is 0 Å². The van der Waals surface area contributed by atoms with Gasteiger partial charge in [-0.2, -0.15) is 0 Å². The molecule has 4 aliphatic carbocycles. The molecular weight excluding hydrogens is 359 g/mol. The monoisotopic (exact) mass is 400 g/mol. The van der Waals surface area contributed by atoms with Crippen molar-refractivity contribution < 1.29 is 9.18 Å². The van der Waals surface area contributed by atoms with E-state index in [2.05, 4.69) is 41.2 Å². The fraction of sp³-hybridized carbons (Fsp3) is 0.815. The smallest absolute Gasteiger partial charge is 0.155 e. The lowest BCUT2D eigenvalue weighted by Crippen LogP contribution is -2.57. The summed E-state index contributed by atoms with van der Waals surface area (Å²) < 4.78 is 16.1. The summed E-state index contributed by atoms with van der Waals surface area (Å²) in [6, 6.07) is 0. The second-order valence-electron chi connectivity index (χ2n) is 11.5. The average molecular weight is 401 g/mol. The van der Waals surface area contributed by atoms with E-state index in [-0.39, 0.29) is 22.5 Å². The molecule has 162 valence electrons. The highest BCUT2D eigenvalue weighted by atomic mass is 19.1. The summed E-state index contributed by atoms with van der Waals surface area (Å²) in [4.78, 5) is 12.2. The Morgan fingerprint density at radius 1 is 1.28 bits per heavy atom. The van der Waals surface area contributed by atoms with Crippen molar-refractivity contribution in [3.8, 4) is 0 Å². The number of carbonyl (C=O) groups is 1. The Labute approximate surface area is 177 Å². The van der Waals surface area contributed by atoms with E-state index in [1.807, 2.05) is 6.08 Å². The number of carbonyl (C=O) groups excluding carboxylic acids is 1. The zero-order valence-corrected chi connectivity index (χ0v) is 19.3. The SMILES string of the molecule is C=C(CC)CC1C(C)CC2C3CC(CC)C4=CC(=O)CCC4(C)C3C(F)CC12C. The lowest BCUT2D eigenvalue weighted by molar-refractivity contribution is -0.124. The van der Waals surface area contributed by atoms with Gasteiger partial charge in [0.1, 0.15) is 6.17 Å². The Kier molecular flexibility index (Phi) is 5.40. The molecule has 4 rings (SSSR count). The second-order valence-corrected chi connectivity index (χ2v) is 11.5. The molecule has 0 bridgehead atoms. The highest BCUT2D eigenvalue weighted by Gasteiger charge is 2.64. The predicted octanol–water partition coefficient (Wildman–Crippen LogP) is 7.32. The molecule has 4 aliphatic rings. The minimum absolute atomic E-state index is 0.0957. The van der Waals surface area contributed by atoms with E-state index in [9.17, 15) is 4.79 Å². The number of alkyl halides is 1. The number of allylic oxidation sites excluding steroid dienone is 2. The molecule has 0 amide bonds. The summed E-state index contributed by atoms with van der Waals surface area (Å²) in [6.07, 6.45) is 8.86. The van der Waals surface area contributed by atoms with Crippen LogP contribution >= 0.6 is 0 Å². The van der Waals surface area contributed by atoms with Crippen molar-refractivity contribution in [2.45, 2.75) is 92.2 Å². The first-order valence-corrected chi connectivity index (χ1v) is 12.2. The Bertz CT molecular complexity index is 722. The Hall–Kier alpha value is -0.920. The van der Waals surface area contributed by atoms with Crippen LogP contribution in [0, 0.1) is 46.3 Å². The maximum absolute atomic E-state index is 16.1. The third-order valence-electron chi connectivity index (χ3n) is 10.1. The maximum atomic E-state index is 16.1. The molecule has 2 heteroatoms. The Morgan fingerprint density at radius 3 is 2.66 bits per heavy atom. The molecule has 3 saturated carbocycles. The number of fused-ring (bicyclic) bond motifs is 5. The van der Waals surface area contributed by atoms with E-state index in [4.69, 9.17) is 0 Å². The normalized spacial score (nSPS) is 49.1. The van der Waals surface area contributed by atoms with Crippen molar-refractivity contribution in [3.63, 3.8) is 0 Å². The van der Waals surface area contributed by atoms with Gasteiger partial charge in [-0.3, -0.25) is 4.79 Å². The van der Waals surface area contributed by atoms with Crippen LogP contribution < -0.4 is 0 Å². The van der Waals surface area contributed by atoms with E-state index >= 15 is 4.39 Å². The van der Waals surface area contributed by atoms with Gasteiger partial charge in [0.15, 0.2) is 5.78 Å². The number of ketones is 1. The largest absolute Gasteiger partial charge is 0.295 e. The number of hydrogen-bond donors (Lipinski definition) is 0. The Morgan fingerprint density at radius 2 is 2.00 bits per heavy atom. The van der Waals surface area contributed by atoms with Crippen LogP contribution in [-0.2, 0) is 4.79 Å². The van der Waals surface area contributed by atoms with E-state index in [1.165, 1.54) is 17.6 Å². The molecule has 3 fully saturated rings. The van der Waals surface area contributed by atoms with Gasteiger partial charge in [-0.25, -0.2) is 4.39 Å². The molecule has 0 radical (unpaired) electrons. The van der Waals surface area contributed by atoms with Crippen LogP contribution in [0.4, 0.5) is 4.39 Å². The lowest BCUT2D eigenvalue weighted by Gasteiger charge is -2.61. The van der Waals surface area contributed by atoms with Crippen LogP contribution in [0.1, 0.15) is 86.0 Å². The zero-order valence-electron chi connectivity index (χ0n) is 19.3. The van der Waals surface area contributed by atoms with Gasteiger partial charge in [0.2, 0.25) is 0 Å². The van der Waals surface area contributed by atoms with Crippen LogP contribution in [0.3, 0.4) is 0 Å². The summed E-state index contributed by atoms with van der Waals surface area (Å²) in [5.74, 6) is 3.12. The lowest BCUT2D eigenvalue weighted by atomic mass is 9.44. The van der Waals surface area contributed by atoms with Gasteiger partial charge in [-0.15, -0.1) is 0 Å². The first kappa shape index (κ1) is 21.3. The summed E-state index contributed by atoms with van der Waals surface area (Å²) in [5, 5.41) is 0. The van der Waals surface area contributed by atoms with Gasteiger partial charge in [0.05, 0.1) is 0 Å². The van der Waals surface area contributed by atoms with Gasteiger partial charge in [0, 0.05) is 12.3 Å². The van der Waals surface area contributed by atoms with E-state index in [0.29, 0.717) is 42.4 Å². The van der Waals surface area contributed by atoms with E-state index < -0.39 is 6.17 Å². The first-order valence-electron chi connectivity index (χ1n) is 12.2. The van der Waals surface area contributed by atoms with Crippen molar-refractivity contribution in [1.82, 2.24) is 0 Å². The molecular formula is C27H41FO. The van der Waals surface area contributed by atoms with E-state index in [0.717, 1.165) is 32.1 Å². The maximum Gasteiger partial charge on any atom is 0.155 e. The zero-order chi connectivity index (χ0) is 21.1. The third kappa shape index (κ3) is 3.10. The molecule has 1 nitrogen and oxygen atoms in total. The molecule has 9 atom stereocenters. The van der Waals surface area contributed by atoms with Crippen molar-refractivity contribution in [1.29, 1.82) is 0 Å². The van der Waals surface area contributed by atoms with Crippen molar-refractivity contribution in [3.05, 3.63) is 23.8 Å². The molecule has 9 unspecified atom stereocenters. The summed E-state index contributed by atoms with van der Waals surface area (Å²) >= 11 is 0. The summed E-state index contributed by atoms with van der Waals surface area (Å²) in [7, 11) is 0. The van der Waals surface area contributed by atoms with Crippen LogP contribution in [-0.4, -0.2) is 12.0 Å². The molecule has 0 aliphatic heterocycles. The van der Waals surface area contributed by atoms with Crippen LogP contribution in [0.25, 0.3) is 0 Å². The van der Waals surface area contributed by atoms with Gasteiger partial charge >= 0.3 is 0 Å². The molecule has 0 aromatic carbocycles. The molecule has 0 heterocycles. The standard InChI is InChI=1S/C27H41FO/c1-7-16(3)11-21-17(4)12-23-20-13-18(8-2)22-14-19(29)9-10-26(22,5)25(20)24(28)15-27(21,23)6/h14,17-18,20-21,23-25H,3,7-13,15H2,1-2,4-6H3. The fourth-order valence-corrected chi connectivity index (χ4v) is 8.59. The van der Waals surface area contributed by atoms with Crippen molar-refractivity contribution in [2.75, 3.05) is 0 Å². The van der Waals surface area contributed by atoms with E-state index in [1.54, 1.807) is 0 Å². The predicted molar refractivity (Wildman–Crippen MR) is 118 cm³/mol. The number of rotatable bonds is 4. The van der Waals surface area contributed by atoms with Crippen LogP contribution in [0.15, 0.2) is 23.8 Å². The quantitative estimate of drug-likeness (QED) is 0.452.